The van der Waals surface area contributed by atoms with Gasteiger partial charge in [-0.25, -0.2) is 10.2 Å². The van der Waals surface area contributed by atoms with E-state index in [0.717, 1.165) is 0 Å². The van der Waals surface area contributed by atoms with Crippen LogP contribution in [0.5, 0.6) is 11.5 Å². The summed E-state index contributed by atoms with van der Waals surface area (Å²) in [6, 6.07) is 22.4. The quantitative estimate of drug-likeness (QED) is 0.276. The Balaban J connectivity index is 1.53. The highest BCUT2D eigenvalue weighted by atomic mass is 35.5. The van der Waals surface area contributed by atoms with Gasteiger partial charge >= 0.3 is 5.97 Å². The number of hydrogen-bond acceptors (Lipinski definition) is 5. The van der Waals surface area contributed by atoms with Gasteiger partial charge in [0.2, 0.25) is 0 Å². The van der Waals surface area contributed by atoms with Gasteiger partial charge in [0.25, 0.3) is 5.91 Å². The maximum Gasteiger partial charge on any atom is 0.345 e. The van der Waals surface area contributed by atoms with E-state index in [1.807, 2.05) is 18.2 Å². The Kier molecular flexibility index (Phi) is 6.97. The normalized spacial score (nSPS) is 10.5. The Labute approximate surface area is 172 Å². The number of para-hydroxylation sites is 1. The minimum atomic E-state index is -0.559. The Morgan fingerprint density at radius 3 is 2.45 bits per heavy atom. The zero-order valence-electron chi connectivity index (χ0n) is 15.2. The number of benzene rings is 3. The lowest BCUT2D eigenvalue weighted by atomic mass is 10.2. The van der Waals surface area contributed by atoms with Crippen LogP contribution in [0.1, 0.15) is 15.9 Å². The first-order valence-electron chi connectivity index (χ1n) is 8.68. The van der Waals surface area contributed by atoms with E-state index >= 15 is 0 Å². The van der Waals surface area contributed by atoms with Crippen LogP contribution in [0.3, 0.4) is 0 Å². The van der Waals surface area contributed by atoms with Crippen molar-refractivity contribution in [3.63, 3.8) is 0 Å². The zero-order valence-corrected chi connectivity index (χ0v) is 16.0. The van der Waals surface area contributed by atoms with E-state index in [4.69, 9.17) is 21.1 Å². The number of amides is 1. The van der Waals surface area contributed by atoms with Crippen LogP contribution < -0.4 is 14.9 Å². The molecule has 0 aliphatic carbocycles. The largest absolute Gasteiger partial charge is 0.484 e. The summed E-state index contributed by atoms with van der Waals surface area (Å²) in [5.41, 5.74) is 3.29. The molecular weight excluding hydrogens is 392 g/mol. The number of carbonyl (C=O) groups excluding carboxylic acids is 2. The summed E-state index contributed by atoms with van der Waals surface area (Å²) in [7, 11) is 0. The molecule has 0 aliphatic rings. The molecule has 146 valence electrons. The molecule has 3 aromatic carbocycles. The highest BCUT2D eigenvalue weighted by Gasteiger charge is 2.12. The van der Waals surface area contributed by atoms with Crippen molar-refractivity contribution in [3.8, 4) is 11.5 Å². The molecule has 0 atom stereocenters. The number of hydrazone groups is 1. The summed E-state index contributed by atoms with van der Waals surface area (Å²) in [6.07, 6.45) is 1.44. The third-order valence-corrected chi connectivity index (χ3v) is 4.01. The van der Waals surface area contributed by atoms with Gasteiger partial charge in [-0.1, -0.05) is 54.1 Å². The number of rotatable bonds is 7. The number of carbonyl (C=O) groups is 2. The molecule has 6 nitrogen and oxygen atoms in total. The monoisotopic (exact) mass is 408 g/mol. The molecule has 0 unspecified atom stereocenters. The highest BCUT2D eigenvalue weighted by molar-refractivity contribution is 6.33. The predicted octanol–water partition coefficient (Wildman–Crippen LogP) is 4.09. The van der Waals surface area contributed by atoms with E-state index in [-0.39, 0.29) is 12.2 Å². The smallest absolute Gasteiger partial charge is 0.345 e. The second-order valence-corrected chi connectivity index (χ2v) is 6.24. The standard InChI is InChI=1S/C22H17ClN2O4/c23-20-12-5-4-11-19(20)22(27)29-18-10-6-7-16(13-18)14-24-25-21(26)15-28-17-8-2-1-3-9-17/h1-14H,15H2,(H,25,26). The molecule has 0 saturated heterocycles. The van der Waals surface area contributed by atoms with Gasteiger partial charge in [0.05, 0.1) is 16.8 Å². The fourth-order valence-electron chi connectivity index (χ4n) is 2.32. The summed E-state index contributed by atoms with van der Waals surface area (Å²) in [5.74, 6) is -0.0280. The van der Waals surface area contributed by atoms with Crippen molar-refractivity contribution < 1.29 is 19.1 Å². The Hall–Kier alpha value is -3.64. The van der Waals surface area contributed by atoms with Gasteiger partial charge in [-0.2, -0.15) is 5.10 Å². The molecule has 0 heterocycles. The number of nitrogens with one attached hydrogen (secondary N) is 1. The topological polar surface area (TPSA) is 77.0 Å². The molecule has 3 aromatic rings. The van der Waals surface area contributed by atoms with Crippen LogP contribution in [0.25, 0.3) is 0 Å². The van der Waals surface area contributed by atoms with Gasteiger partial charge in [-0.15, -0.1) is 0 Å². The zero-order chi connectivity index (χ0) is 20.5. The van der Waals surface area contributed by atoms with Gasteiger partial charge in [0.15, 0.2) is 6.61 Å². The Bertz CT molecular complexity index is 1020. The third-order valence-electron chi connectivity index (χ3n) is 3.68. The van der Waals surface area contributed by atoms with Crippen LogP contribution in [-0.4, -0.2) is 24.7 Å². The van der Waals surface area contributed by atoms with E-state index in [1.54, 1.807) is 60.7 Å². The van der Waals surface area contributed by atoms with Gasteiger partial charge in [-0.05, 0) is 42.0 Å². The van der Waals surface area contributed by atoms with E-state index in [1.165, 1.54) is 6.21 Å². The van der Waals surface area contributed by atoms with Gasteiger partial charge < -0.3 is 9.47 Å². The first-order valence-corrected chi connectivity index (χ1v) is 9.06. The highest BCUT2D eigenvalue weighted by Crippen LogP contribution is 2.19. The fraction of sp³-hybridized carbons (Fsp3) is 0.0455. The first-order chi connectivity index (χ1) is 14.1. The minimum Gasteiger partial charge on any atom is -0.484 e. The average molecular weight is 409 g/mol. The van der Waals surface area contributed by atoms with E-state index in [2.05, 4.69) is 10.5 Å². The number of esters is 1. The molecule has 0 fully saturated rings. The summed E-state index contributed by atoms with van der Waals surface area (Å²) in [4.78, 5) is 24.0. The molecule has 0 saturated carbocycles. The molecule has 1 N–H and O–H groups in total. The van der Waals surface area contributed by atoms with E-state index in [9.17, 15) is 9.59 Å². The first kappa shape index (κ1) is 20.1. The SMILES string of the molecule is O=C(COc1ccccc1)NN=Cc1cccc(OC(=O)c2ccccc2Cl)c1. The summed E-state index contributed by atoms with van der Waals surface area (Å²) >= 11 is 6.01. The summed E-state index contributed by atoms with van der Waals surface area (Å²) in [6.45, 7) is -0.156. The maximum absolute atomic E-state index is 12.2. The van der Waals surface area contributed by atoms with Gasteiger partial charge in [0, 0.05) is 0 Å². The molecule has 29 heavy (non-hydrogen) atoms. The van der Waals surface area contributed by atoms with Crippen molar-refractivity contribution in [3.05, 3.63) is 95.0 Å². The molecule has 0 spiro atoms. The van der Waals surface area contributed by atoms with Crippen molar-refractivity contribution in [1.82, 2.24) is 5.43 Å². The molecule has 0 aliphatic heterocycles. The lowest BCUT2D eigenvalue weighted by Gasteiger charge is -2.06. The minimum absolute atomic E-state index is 0.156. The second kappa shape index (κ2) is 10.1. The number of hydrogen-bond donors (Lipinski definition) is 1. The molecule has 3 rings (SSSR count). The summed E-state index contributed by atoms with van der Waals surface area (Å²) in [5, 5.41) is 4.20. The molecule has 0 radical (unpaired) electrons. The second-order valence-electron chi connectivity index (χ2n) is 5.84. The van der Waals surface area contributed by atoms with E-state index < -0.39 is 11.9 Å². The van der Waals surface area contributed by atoms with E-state index in [0.29, 0.717) is 22.1 Å². The van der Waals surface area contributed by atoms with Crippen LogP contribution >= 0.6 is 11.6 Å². The molecule has 0 aromatic heterocycles. The van der Waals surface area contributed by atoms with Crippen molar-refractivity contribution >= 4 is 29.7 Å². The van der Waals surface area contributed by atoms with Crippen molar-refractivity contribution in [2.45, 2.75) is 0 Å². The number of ether oxygens (including phenoxy) is 2. The molecular formula is C22H17ClN2O4. The number of halogens is 1. The predicted molar refractivity (Wildman–Crippen MR) is 111 cm³/mol. The van der Waals surface area contributed by atoms with Crippen LogP contribution in [0.15, 0.2) is 84.0 Å². The van der Waals surface area contributed by atoms with Gasteiger partial charge in [0.1, 0.15) is 11.5 Å². The maximum atomic E-state index is 12.2. The van der Waals surface area contributed by atoms with Crippen molar-refractivity contribution in [1.29, 1.82) is 0 Å². The van der Waals surface area contributed by atoms with Crippen molar-refractivity contribution in [2.24, 2.45) is 5.10 Å². The van der Waals surface area contributed by atoms with Crippen LogP contribution in [0, 0.1) is 0 Å². The van der Waals surface area contributed by atoms with Gasteiger partial charge in [-0.3, -0.25) is 4.79 Å². The summed E-state index contributed by atoms with van der Waals surface area (Å²) < 4.78 is 10.7. The lowest BCUT2D eigenvalue weighted by Crippen LogP contribution is -2.24. The van der Waals surface area contributed by atoms with Crippen molar-refractivity contribution in [2.75, 3.05) is 6.61 Å². The molecule has 0 bridgehead atoms. The Morgan fingerprint density at radius 1 is 0.931 bits per heavy atom. The fourth-order valence-corrected chi connectivity index (χ4v) is 2.54. The van der Waals surface area contributed by atoms with Crippen LogP contribution in [-0.2, 0) is 4.79 Å². The molecule has 7 heteroatoms. The third kappa shape index (κ3) is 6.19. The number of nitrogens with zero attached hydrogens (tertiary/aromatic N) is 1. The Morgan fingerprint density at radius 2 is 1.66 bits per heavy atom. The average Bonchev–Trinajstić information content (AvgIpc) is 2.73. The lowest BCUT2D eigenvalue weighted by molar-refractivity contribution is -0.123. The molecule has 1 amide bonds. The van der Waals surface area contributed by atoms with Crippen LogP contribution in [0.4, 0.5) is 0 Å². The van der Waals surface area contributed by atoms with Crippen LogP contribution in [0.2, 0.25) is 5.02 Å².